The molecule has 1 fully saturated rings. The molecule has 2 atom stereocenters. The summed E-state index contributed by atoms with van der Waals surface area (Å²) in [5.41, 5.74) is 0.155. The van der Waals surface area contributed by atoms with Crippen LogP contribution in [0.2, 0.25) is 0 Å². The van der Waals surface area contributed by atoms with Gasteiger partial charge in [-0.1, -0.05) is 13.8 Å². The van der Waals surface area contributed by atoms with E-state index in [2.05, 4.69) is 18.7 Å². The first kappa shape index (κ1) is 15.9. The van der Waals surface area contributed by atoms with E-state index in [0.717, 1.165) is 19.3 Å². The second kappa shape index (κ2) is 5.86. The molecule has 0 amide bonds. The van der Waals surface area contributed by atoms with E-state index in [4.69, 9.17) is 9.88 Å². The lowest BCUT2D eigenvalue weighted by Gasteiger charge is -2.58. The minimum absolute atomic E-state index is 0.0150. The summed E-state index contributed by atoms with van der Waals surface area (Å²) in [5.74, 6) is 0.0150. The molecule has 0 bridgehead atoms. The zero-order valence-electron chi connectivity index (χ0n) is 11.8. The number of sulfonamides is 1. The predicted molar refractivity (Wildman–Crippen MR) is 72.8 cm³/mol. The molecule has 0 aromatic heterocycles. The lowest BCUT2D eigenvalue weighted by molar-refractivity contribution is -0.155. The molecule has 1 rings (SSSR count). The molecule has 0 unspecified atom stereocenters. The van der Waals surface area contributed by atoms with E-state index in [1.54, 1.807) is 7.11 Å². The van der Waals surface area contributed by atoms with Gasteiger partial charge in [0.05, 0.1) is 11.9 Å². The number of ether oxygens (including phenoxy) is 1. The van der Waals surface area contributed by atoms with E-state index >= 15 is 0 Å². The van der Waals surface area contributed by atoms with Crippen molar-refractivity contribution in [1.82, 2.24) is 4.90 Å². The van der Waals surface area contributed by atoms with E-state index in [0.29, 0.717) is 12.6 Å². The monoisotopic (exact) mass is 278 g/mol. The smallest absolute Gasteiger partial charge is 0.210 e. The Labute approximate surface area is 111 Å². The van der Waals surface area contributed by atoms with Crippen LogP contribution in [-0.2, 0) is 14.8 Å². The van der Waals surface area contributed by atoms with E-state index in [-0.39, 0.29) is 17.3 Å². The highest BCUT2D eigenvalue weighted by molar-refractivity contribution is 7.89. The summed E-state index contributed by atoms with van der Waals surface area (Å²) in [5, 5.41) is 5.05. The van der Waals surface area contributed by atoms with Crippen LogP contribution in [0.3, 0.4) is 0 Å². The molecule has 0 radical (unpaired) electrons. The van der Waals surface area contributed by atoms with Gasteiger partial charge in [-0.05, 0) is 26.3 Å². The number of rotatable bonds is 7. The Hall–Kier alpha value is -0.170. The van der Waals surface area contributed by atoms with Gasteiger partial charge in [0.25, 0.3) is 0 Å². The molecular formula is C12H26N2O3S. The quantitative estimate of drug-likeness (QED) is 0.747. The highest BCUT2D eigenvalue weighted by atomic mass is 32.2. The van der Waals surface area contributed by atoms with Crippen molar-refractivity contribution in [2.24, 2.45) is 10.6 Å². The fourth-order valence-electron chi connectivity index (χ4n) is 3.28. The van der Waals surface area contributed by atoms with Crippen LogP contribution < -0.4 is 5.14 Å². The largest absolute Gasteiger partial charge is 0.381 e. The third kappa shape index (κ3) is 3.04. The molecular weight excluding hydrogens is 252 g/mol. The number of nitrogens with zero attached hydrogens (tertiary/aromatic N) is 1. The van der Waals surface area contributed by atoms with Gasteiger partial charge in [-0.3, -0.25) is 0 Å². The number of hydrogen-bond acceptors (Lipinski definition) is 4. The molecule has 1 saturated carbocycles. The Balaban J connectivity index is 2.66. The highest BCUT2D eigenvalue weighted by Crippen LogP contribution is 2.50. The van der Waals surface area contributed by atoms with E-state index < -0.39 is 10.0 Å². The Morgan fingerprint density at radius 2 is 1.94 bits per heavy atom. The highest BCUT2D eigenvalue weighted by Gasteiger charge is 2.54. The van der Waals surface area contributed by atoms with Crippen molar-refractivity contribution in [3.05, 3.63) is 0 Å². The third-order valence-corrected chi connectivity index (χ3v) is 5.36. The first-order valence-electron chi connectivity index (χ1n) is 6.54. The number of methoxy groups -OCH3 is 1. The first-order valence-corrected chi connectivity index (χ1v) is 8.25. The molecule has 0 aromatic rings. The van der Waals surface area contributed by atoms with Gasteiger partial charge in [-0.2, -0.15) is 0 Å². The van der Waals surface area contributed by atoms with Crippen LogP contribution >= 0.6 is 0 Å². The normalized spacial score (nSPS) is 27.2. The van der Waals surface area contributed by atoms with Gasteiger partial charge in [-0.15, -0.1) is 0 Å². The average molecular weight is 278 g/mol. The van der Waals surface area contributed by atoms with Crippen LogP contribution in [0.15, 0.2) is 0 Å². The van der Waals surface area contributed by atoms with Crippen molar-refractivity contribution < 1.29 is 13.2 Å². The molecule has 2 N–H and O–H groups in total. The third-order valence-electron chi connectivity index (χ3n) is 4.60. The second-order valence-electron chi connectivity index (χ2n) is 5.26. The topological polar surface area (TPSA) is 72.6 Å². The van der Waals surface area contributed by atoms with Gasteiger partial charge in [0.15, 0.2) is 0 Å². The van der Waals surface area contributed by atoms with Gasteiger partial charge in [0, 0.05) is 25.1 Å². The van der Waals surface area contributed by atoms with Crippen molar-refractivity contribution in [3.63, 3.8) is 0 Å². The van der Waals surface area contributed by atoms with Gasteiger partial charge in [-0.25, -0.2) is 13.6 Å². The maximum atomic E-state index is 11.0. The minimum atomic E-state index is -3.38. The average Bonchev–Trinajstić information content (AvgIpc) is 2.27. The maximum absolute atomic E-state index is 11.0. The van der Waals surface area contributed by atoms with Crippen molar-refractivity contribution >= 4 is 10.0 Å². The molecule has 0 aromatic carbocycles. The van der Waals surface area contributed by atoms with Gasteiger partial charge in [0.2, 0.25) is 10.0 Å². The zero-order valence-corrected chi connectivity index (χ0v) is 12.7. The minimum Gasteiger partial charge on any atom is -0.381 e. The standard InChI is InChI=1S/C12H26N2O3S/c1-5-12(6-2)10(9-11(12)17-4)14(3)7-8-18(13,15)16/h10-11H,5-9H2,1-4H3,(H2,13,15,16)/t10-,11-/m1/s1. The van der Waals surface area contributed by atoms with E-state index in [9.17, 15) is 8.42 Å². The summed E-state index contributed by atoms with van der Waals surface area (Å²) in [4.78, 5) is 2.12. The lowest BCUT2D eigenvalue weighted by atomic mass is 9.58. The van der Waals surface area contributed by atoms with Crippen LogP contribution in [0.1, 0.15) is 33.1 Å². The Kier molecular flexibility index (Phi) is 5.17. The Morgan fingerprint density at radius 3 is 2.33 bits per heavy atom. The molecule has 1 aliphatic rings. The van der Waals surface area contributed by atoms with E-state index in [1.165, 1.54) is 0 Å². The fourth-order valence-corrected chi connectivity index (χ4v) is 3.82. The van der Waals surface area contributed by atoms with Crippen LogP contribution in [-0.4, -0.2) is 51.9 Å². The number of hydrogen-bond donors (Lipinski definition) is 1. The molecule has 0 heterocycles. The maximum Gasteiger partial charge on any atom is 0.210 e. The van der Waals surface area contributed by atoms with Crippen LogP contribution in [0, 0.1) is 5.41 Å². The Morgan fingerprint density at radius 1 is 1.39 bits per heavy atom. The number of nitrogens with two attached hydrogens (primary N) is 1. The van der Waals surface area contributed by atoms with Crippen LogP contribution in [0.4, 0.5) is 0 Å². The SMILES string of the molecule is CCC1(CC)[C@H](OC)C[C@H]1N(C)CCS(N)(=O)=O. The lowest BCUT2D eigenvalue weighted by Crippen LogP contribution is -2.63. The fraction of sp³-hybridized carbons (Fsp3) is 1.00. The van der Waals surface area contributed by atoms with Crippen LogP contribution in [0.5, 0.6) is 0 Å². The van der Waals surface area contributed by atoms with Gasteiger partial charge < -0.3 is 9.64 Å². The van der Waals surface area contributed by atoms with Gasteiger partial charge in [0.1, 0.15) is 0 Å². The summed E-state index contributed by atoms with van der Waals surface area (Å²) >= 11 is 0. The number of primary sulfonamides is 1. The summed E-state index contributed by atoms with van der Waals surface area (Å²) in [6.07, 6.45) is 3.35. The molecule has 5 nitrogen and oxygen atoms in total. The molecule has 0 spiro atoms. The summed E-state index contributed by atoms with van der Waals surface area (Å²) in [6, 6.07) is 0.388. The summed E-state index contributed by atoms with van der Waals surface area (Å²) < 4.78 is 27.6. The zero-order chi connectivity index (χ0) is 14.0. The molecule has 6 heteroatoms. The molecule has 18 heavy (non-hydrogen) atoms. The van der Waals surface area contributed by atoms with E-state index in [1.807, 2.05) is 7.05 Å². The molecule has 0 aliphatic heterocycles. The van der Waals surface area contributed by atoms with Gasteiger partial charge >= 0.3 is 0 Å². The predicted octanol–water partition coefficient (Wildman–Crippen LogP) is 0.800. The summed E-state index contributed by atoms with van der Waals surface area (Å²) in [6.45, 7) is 4.84. The van der Waals surface area contributed by atoms with Crippen molar-refractivity contribution in [3.8, 4) is 0 Å². The first-order chi connectivity index (χ1) is 8.30. The van der Waals surface area contributed by atoms with Crippen LogP contribution in [0.25, 0.3) is 0 Å². The molecule has 108 valence electrons. The molecule has 1 aliphatic carbocycles. The molecule has 0 saturated heterocycles. The summed E-state index contributed by atoms with van der Waals surface area (Å²) in [7, 11) is 0.350. The second-order valence-corrected chi connectivity index (χ2v) is 7.00. The van der Waals surface area contributed by atoms with Crippen molar-refractivity contribution in [1.29, 1.82) is 0 Å². The Bertz CT molecular complexity index is 366. The van der Waals surface area contributed by atoms with Crippen molar-refractivity contribution in [2.45, 2.75) is 45.3 Å². The van der Waals surface area contributed by atoms with Crippen molar-refractivity contribution in [2.75, 3.05) is 26.5 Å².